The summed E-state index contributed by atoms with van der Waals surface area (Å²) < 4.78 is 36.5. The van der Waals surface area contributed by atoms with E-state index in [1.54, 1.807) is 44.2 Å². The number of hydrogen-bond acceptors (Lipinski definition) is 6. The minimum atomic E-state index is -4.20. The molecule has 3 aromatic carbocycles. The van der Waals surface area contributed by atoms with E-state index < -0.39 is 16.0 Å². The summed E-state index contributed by atoms with van der Waals surface area (Å²) in [4.78, 5) is 12.7. The molecule has 0 spiro atoms. The molecule has 0 aromatic heterocycles. The Kier molecular flexibility index (Phi) is 8.64. The van der Waals surface area contributed by atoms with Gasteiger partial charge in [0.15, 0.2) is 5.75 Å². The Morgan fingerprint density at radius 2 is 1.78 bits per heavy atom. The molecule has 7 nitrogen and oxygen atoms in total. The molecule has 0 aliphatic heterocycles. The van der Waals surface area contributed by atoms with Gasteiger partial charge in [-0.3, -0.25) is 4.79 Å². The molecule has 1 amide bonds. The van der Waals surface area contributed by atoms with Crippen LogP contribution in [-0.2, 0) is 14.9 Å². The highest BCUT2D eigenvalue weighted by molar-refractivity contribution is 7.87. The molecule has 0 radical (unpaired) electrons. The fraction of sp³-hybridized carbons (Fsp3) is 0.154. The summed E-state index contributed by atoms with van der Waals surface area (Å²) in [5, 5.41) is 12.6. The number of benzene rings is 3. The Bertz CT molecular complexity index is 1480. The zero-order chi connectivity index (χ0) is 26.5. The Balaban J connectivity index is 1.95. The molecular weight excluding hydrogens is 523 g/mol. The van der Waals surface area contributed by atoms with E-state index in [0.29, 0.717) is 21.8 Å². The van der Waals surface area contributed by atoms with Crippen LogP contribution in [0.5, 0.6) is 11.5 Å². The number of halogens is 2. The van der Waals surface area contributed by atoms with Gasteiger partial charge in [0, 0.05) is 10.7 Å². The van der Waals surface area contributed by atoms with Crippen molar-refractivity contribution < 1.29 is 22.1 Å². The van der Waals surface area contributed by atoms with E-state index in [0.717, 1.165) is 5.56 Å². The molecule has 0 saturated heterocycles. The average Bonchev–Trinajstić information content (AvgIpc) is 2.83. The third-order valence-electron chi connectivity index (χ3n) is 5.03. The summed E-state index contributed by atoms with van der Waals surface area (Å²) in [7, 11) is -4.20. The number of carbonyl (C=O) groups excluding carboxylic acids is 1. The molecule has 0 heterocycles. The summed E-state index contributed by atoms with van der Waals surface area (Å²) in [6.45, 7) is 5.46. The number of rotatable bonds is 8. The van der Waals surface area contributed by atoms with Crippen LogP contribution in [0, 0.1) is 25.2 Å². The van der Waals surface area contributed by atoms with Crippen molar-refractivity contribution in [2.45, 2.75) is 25.7 Å². The van der Waals surface area contributed by atoms with Gasteiger partial charge in [-0.05, 0) is 74.4 Å². The maximum Gasteiger partial charge on any atom is 0.339 e. The first kappa shape index (κ1) is 27.1. The highest BCUT2D eigenvalue weighted by Crippen LogP contribution is 2.39. The van der Waals surface area contributed by atoms with Gasteiger partial charge in [0.05, 0.1) is 11.6 Å². The van der Waals surface area contributed by atoms with Crippen molar-refractivity contribution in [3.05, 3.63) is 86.9 Å². The first-order chi connectivity index (χ1) is 17.1. The highest BCUT2D eigenvalue weighted by Gasteiger charge is 2.23. The molecular formula is C26H22Cl2N2O5S. The summed E-state index contributed by atoms with van der Waals surface area (Å²) in [5.41, 5.74) is 2.13. The van der Waals surface area contributed by atoms with Gasteiger partial charge in [0.2, 0.25) is 5.75 Å². The van der Waals surface area contributed by atoms with Crippen LogP contribution in [0.4, 0.5) is 5.69 Å². The minimum Gasteiger partial charge on any atom is -0.490 e. The topological polar surface area (TPSA) is 105 Å². The molecule has 10 heteroatoms. The number of amides is 1. The second-order valence-corrected chi connectivity index (χ2v) is 10.0. The lowest BCUT2D eigenvalue weighted by molar-refractivity contribution is -0.112. The lowest BCUT2D eigenvalue weighted by Gasteiger charge is -2.14. The summed E-state index contributed by atoms with van der Waals surface area (Å²) in [6, 6.07) is 15.8. The maximum absolute atomic E-state index is 12.8. The van der Waals surface area contributed by atoms with E-state index in [9.17, 15) is 18.5 Å². The largest absolute Gasteiger partial charge is 0.490 e. The van der Waals surface area contributed by atoms with Gasteiger partial charge in [-0.25, -0.2) is 0 Å². The fourth-order valence-electron chi connectivity index (χ4n) is 3.13. The van der Waals surface area contributed by atoms with Gasteiger partial charge < -0.3 is 14.2 Å². The second-order valence-electron chi connectivity index (χ2n) is 7.65. The van der Waals surface area contributed by atoms with E-state index in [1.807, 2.05) is 13.0 Å². The van der Waals surface area contributed by atoms with E-state index in [1.165, 1.54) is 30.3 Å². The zero-order valence-corrected chi connectivity index (χ0v) is 22.0. The van der Waals surface area contributed by atoms with Gasteiger partial charge >= 0.3 is 10.1 Å². The molecule has 0 atom stereocenters. The van der Waals surface area contributed by atoms with Crippen LogP contribution in [0.25, 0.3) is 6.08 Å². The second kappa shape index (κ2) is 11.5. The van der Waals surface area contributed by atoms with Crippen molar-refractivity contribution >= 4 is 51.0 Å². The van der Waals surface area contributed by atoms with Crippen molar-refractivity contribution in [3.8, 4) is 17.6 Å². The van der Waals surface area contributed by atoms with E-state index in [-0.39, 0.29) is 33.6 Å². The summed E-state index contributed by atoms with van der Waals surface area (Å²) in [5.74, 6) is -0.816. The highest BCUT2D eigenvalue weighted by atomic mass is 35.5. The first-order valence-corrected chi connectivity index (χ1v) is 12.9. The van der Waals surface area contributed by atoms with Crippen LogP contribution in [0.2, 0.25) is 10.0 Å². The van der Waals surface area contributed by atoms with E-state index in [2.05, 4.69) is 5.32 Å². The molecule has 0 saturated carbocycles. The molecule has 3 aromatic rings. The van der Waals surface area contributed by atoms with Crippen molar-refractivity contribution in [2.24, 2.45) is 0 Å². The Morgan fingerprint density at radius 1 is 1.08 bits per heavy atom. The standard InChI is InChI=1S/C26H22Cl2N2O5S/c1-4-34-24-14-18(12-19(15-29)26(31)30-23-7-5-6-21(27)17(23)3)13-22(28)25(24)35-36(32,33)20-10-8-16(2)9-11-20/h5-14H,4H2,1-3H3,(H,30,31)/b19-12+. The molecule has 0 aliphatic carbocycles. The van der Waals surface area contributed by atoms with E-state index in [4.69, 9.17) is 32.1 Å². The smallest absolute Gasteiger partial charge is 0.339 e. The molecule has 36 heavy (non-hydrogen) atoms. The lowest BCUT2D eigenvalue weighted by atomic mass is 10.1. The lowest BCUT2D eigenvalue weighted by Crippen LogP contribution is -2.14. The predicted octanol–water partition coefficient (Wildman–Crippen LogP) is 6.32. The maximum atomic E-state index is 12.8. The minimum absolute atomic E-state index is 0.0373. The molecule has 1 N–H and O–H groups in total. The Hall–Kier alpha value is -3.51. The molecule has 0 aliphatic rings. The van der Waals surface area contributed by atoms with Crippen LogP contribution < -0.4 is 14.2 Å². The monoisotopic (exact) mass is 544 g/mol. The number of carbonyl (C=O) groups is 1. The van der Waals surface area contributed by atoms with Crippen molar-refractivity contribution in [1.82, 2.24) is 0 Å². The third-order valence-corrected chi connectivity index (χ3v) is 6.95. The predicted molar refractivity (Wildman–Crippen MR) is 140 cm³/mol. The summed E-state index contributed by atoms with van der Waals surface area (Å²) >= 11 is 12.5. The normalized spacial score (nSPS) is 11.5. The van der Waals surface area contributed by atoms with Crippen LogP contribution >= 0.6 is 23.2 Å². The van der Waals surface area contributed by atoms with Crippen molar-refractivity contribution in [2.75, 3.05) is 11.9 Å². The van der Waals surface area contributed by atoms with Crippen LogP contribution in [0.3, 0.4) is 0 Å². The van der Waals surface area contributed by atoms with Gasteiger partial charge in [-0.2, -0.15) is 13.7 Å². The molecule has 0 fully saturated rings. The fourth-order valence-corrected chi connectivity index (χ4v) is 4.56. The van der Waals surface area contributed by atoms with Gasteiger partial charge in [-0.1, -0.05) is 47.0 Å². The van der Waals surface area contributed by atoms with Gasteiger partial charge in [0.25, 0.3) is 5.91 Å². The van der Waals surface area contributed by atoms with Crippen LogP contribution in [0.1, 0.15) is 23.6 Å². The van der Waals surface area contributed by atoms with Crippen LogP contribution in [-0.4, -0.2) is 20.9 Å². The number of nitriles is 1. The van der Waals surface area contributed by atoms with E-state index >= 15 is 0 Å². The number of hydrogen-bond donors (Lipinski definition) is 1. The van der Waals surface area contributed by atoms with Crippen molar-refractivity contribution in [1.29, 1.82) is 5.26 Å². The van der Waals surface area contributed by atoms with Crippen LogP contribution in [0.15, 0.2) is 65.1 Å². The number of nitrogens with zero attached hydrogens (tertiary/aromatic N) is 1. The first-order valence-electron chi connectivity index (χ1n) is 10.7. The third kappa shape index (κ3) is 6.38. The molecule has 0 unspecified atom stereocenters. The molecule has 186 valence electrons. The quantitative estimate of drug-likeness (QED) is 0.202. The number of aryl methyl sites for hydroxylation is 1. The molecule has 0 bridgehead atoms. The zero-order valence-electron chi connectivity index (χ0n) is 19.6. The molecule has 3 rings (SSSR count). The average molecular weight is 545 g/mol. The number of ether oxygens (including phenoxy) is 1. The number of nitrogens with one attached hydrogen (secondary N) is 1. The van der Waals surface area contributed by atoms with Gasteiger partial charge in [-0.15, -0.1) is 0 Å². The Labute approximate surface area is 220 Å². The van der Waals surface area contributed by atoms with Gasteiger partial charge in [0.1, 0.15) is 16.5 Å². The summed E-state index contributed by atoms with van der Waals surface area (Å²) in [6.07, 6.45) is 1.31. The van der Waals surface area contributed by atoms with Crippen molar-refractivity contribution in [3.63, 3.8) is 0 Å². The number of anilines is 1. The SMILES string of the molecule is CCOc1cc(/C=C(\C#N)C(=O)Nc2cccc(Cl)c2C)cc(Cl)c1OS(=O)(=O)c1ccc(C)cc1. The Morgan fingerprint density at radius 3 is 2.42 bits per heavy atom.